The number of phosphoric ester groups is 2. The Morgan fingerprint density at radius 1 is 0.264 bits per heavy atom. The van der Waals surface area contributed by atoms with Gasteiger partial charge in [0.2, 0.25) is 0 Å². The van der Waals surface area contributed by atoms with Crippen LogP contribution < -0.4 is 0 Å². The number of esters is 4. The van der Waals surface area contributed by atoms with E-state index in [-0.39, 0.29) is 25.7 Å². The van der Waals surface area contributed by atoms with E-state index in [0.29, 0.717) is 25.7 Å². The van der Waals surface area contributed by atoms with Gasteiger partial charge < -0.3 is 33.8 Å². The van der Waals surface area contributed by atoms with Gasteiger partial charge in [-0.3, -0.25) is 37.3 Å². The van der Waals surface area contributed by atoms with Gasteiger partial charge in [0.15, 0.2) is 12.2 Å². The third-order valence-electron chi connectivity index (χ3n) is 17.8. The topological polar surface area (TPSA) is 237 Å². The molecule has 630 valence electrons. The van der Waals surface area contributed by atoms with E-state index in [1.54, 1.807) is 0 Å². The quantitative estimate of drug-likeness (QED) is 0.0169. The Morgan fingerprint density at radius 3 is 0.755 bits per heavy atom. The highest BCUT2D eigenvalue weighted by molar-refractivity contribution is 7.47. The summed E-state index contributed by atoms with van der Waals surface area (Å²) < 4.78 is 68.8. The number of rotatable bonds is 80. The highest BCUT2D eigenvalue weighted by Gasteiger charge is 2.30. The summed E-state index contributed by atoms with van der Waals surface area (Å²) in [6.07, 6.45) is 95.1. The largest absolute Gasteiger partial charge is 0.472 e. The third-order valence-corrected chi connectivity index (χ3v) is 19.7. The minimum atomic E-state index is -5.00. The van der Waals surface area contributed by atoms with Crippen molar-refractivity contribution in [1.82, 2.24) is 0 Å². The van der Waals surface area contributed by atoms with Gasteiger partial charge in [0.05, 0.1) is 26.4 Å². The zero-order chi connectivity index (χ0) is 80.3. The zero-order valence-corrected chi connectivity index (χ0v) is 70.9. The number of phosphoric acid groups is 2. The maximum absolute atomic E-state index is 13.1. The summed E-state index contributed by atoms with van der Waals surface area (Å²) in [5.41, 5.74) is 0. The van der Waals surface area contributed by atoms with Crippen LogP contribution in [0.1, 0.15) is 349 Å². The monoisotopic (exact) mass is 1580 g/mol. The third kappa shape index (κ3) is 81.0. The van der Waals surface area contributed by atoms with E-state index in [0.717, 1.165) is 186 Å². The van der Waals surface area contributed by atoms with E-state index in [2.05, 4.69) is 174 Å². The predicted octanol–water partition coefficient (Wildman–Crippen LogP) is 25.8. The van der Waals surface area contributed by atoms with Gasteiger partial charge in [-0.2, -0.15) is 0 Å². The fourth-order valence-corrected chi connectivity index (χ4v) is 12.9. The highest BCUT2D eigenvalue weighted by Crippen LogP contribution is 2.45. The van der Waals surface area contributed by atoms with Gasteiger partial charge in [-0.15, -0.1) is 0 Å². The molecule has 0 saturated carbocycles. The van der Waals surface area contributed by atoms with Crippen molar-refractivity contribution in [1.29, 1.82) is 0 Å². The molecule has 0 bridgehead atoms. The van der Waals surface area contributed by atoms with Gasteiger partial charge in [0, 0.05) is 25.7 Å². The number of carbonyl (C=O) groups excluding carboxylic acids is 4. The van der Waals surface area contributed by atoms with Gasteiger partial charge in [0.25, 0.3) is 0 Å². The molecule has 0 amide bonds. The van der Waals surface area contributed by atoms with Crippen molar-refractivity contribution in [2.24, 2.45) is 0 Å². The summed E-state index contributed by atoms with van der Waals surface area (Å²) in [6, 6.07) is 0. The Bertz CT molecular complexity index is 2650. The fraction of sp³-hybridized carbons (Fsp3) is 0.692. The van der Waals surface area contributed by atoms with Crippen molar-refractivity contribution in [3.63, 3.8) is 0 Å². The average molecular weight is 1580 g/mol. The van der Waals surface area contributed by atoms with E-state index in [1.165, 1.54) is 83.5 Å². The first kappa shape index (κ1) is 105. The summed E-state index contributed by atoms with van der Waals surface area (Å²) in [4.78, 5) is 73.3. The Hall–Kier alpha value is -5.06. The number of hydrogen-bond acceptors (Lipinski definition) is 15. The Labute approximate surface area is 668 Å². The molecular weight excluding hydrogens is 1430 g/mol. The zero-order valence-electron chi connectivity index (χ0n) is 69.1. The van der Waals surface area contributed by atoms with Gasteiger partial charge >= 0.3 is 39.5 Å². The number of allylic oxidation sites excluding steroid dienone is 24. The molecule has 5 atom stereocenters. The summed E-state index contributed by atoms with van der Waals surface area (Å²) in [5.74, 6) is -2.24. The molecule has 0 spiro atoms. The van der Waals surface area contributed by atoms with E-state index in [1.807, 2.05) is 0 Å². The van der Waals surface area contributed by atoms with Crippen molar-refractivity contribution >= 4 is 39.5 Å². The molecule has 0 aliphatic carbocycles. The van der Waals surface area contributed by atoms with Gasteiger partial charge in [-0.25, -0.2) is 9.13 Å². The predicted molar refractivity (Wildman–Crippen MR) is 454 cm³/mol. The first-order valence-corrected chi connectivity index (χ1v) is 46.1. The van der Waals surface area contributed by atoms with Crippen LogP contribution in [-0.4, -0.2) is 96.7 Å². The lowest BCUT2D eigenvalue weighted by atomic mass is 10.0. The second-order valence-electron chi connectivity index (χ2n) is 28.4. The molecule has 0 aromatic carbocycles. The Balaban J connectivity index is 5.44. The summed E-state index contributed by atoms with van der Waals surface area (Å²) in [7, 11) is -9.99. The molecule has 110 heavy (non-hydrogen) atoms. The minimum absolute atomic E-state index is 0.0552. The van der Waals surface area contributed by atoms with Crippen LogP contribution in [0.4, 0.5) is 0 Å². The molecule has 17 nitrogen and oxygen atoms in total. The molecule has 0 rings (SSSR count). The lowest BCUT2D eigenvalue weighted by Gasteiger charge is -2.21. The SMILES string of the molecule is CC/C=C\C/C=C\C/C=C\C/C=C\C/C=C\CCCCCC(=O)OCC(COP(=O)(O)OCC(O)COP(=O)(O)OCC(COC(=O)CCCCCCCC/C=C\C/C=C\C/C=C\CCCCC)OC(=O)CCCCCCCCCCCCCCCCC)OC(=O)CCCCCC/C=C\C/C=C\C/C=C\C/C=C\CC. The number of ether oxygens (including phenoxy) is 4. The second-order valence-corrected chi connectivity index (χ2v) is 31.3. The number of hydrogen-bond donors (Lipinski definition) is 3. The van der Waals surface area contributed by atoms with Crippen LogP contribution in [0.3, 0.4) is 0 Å². The van der Waals surface area contributed by atoms with Crippen molar-refractivity contribution in [2.45, 2.75) is 367 Å². The fourth-order valence-electron chi connectivity index (χ4n) is 11.3. The molecule has 0 aliphatic rings. The van der Waals surface area contributed by atoms with E-state index in [4.69, 9.17) is 37.0 Å². The highest BCUT2D eigenvalue weighted by atomic mass is 31.2. The Kier molecular flexibility index (Phi) is 78.2. The van der Waals surface area contributed by atoms with Crippen molar-refractivity contribution in [3.8, 4) is 0 Å². The molecular formula is C91H154O17P2. The van der Waals surface area contributed by atoms with Crippen LogP contribution in [-0.2, 0) is 65.4 Å². The van der Waals surface area contributed by atoms with E-state index >= 15 is 0 Å². The summed E-state index contributed by atoms with van der Waals surface area (Å²) in [6.45, 7) is 4.59. The molecule has 0 aromatic rings. The van der Waals surface area contributed by atoms with Crippen molar-refractivity contribution < 1.29 is 80.2 Å². The molecule has 0 fully saturated rings. The van der Waals surface area contributed by atoms with Crippen LogP contribution >= 0.6 is 15.6 Å². The molecule has 0 radical (unpaired) electrons. The molecule has 0 heterocycles. The maximum atomic E-state index is 13.1. The second kappa shape index (κ2) is 81.9. The molecule has 0 aliphatic heterocycles. The standard InChI is InChI=1S/C91H154O17P2/c1-5-9-13-17-21-25-29-33-37-40-42-45-48-51-55-59-63-67-71-75-88(93)101-81-86(107-90(95)77-73-69-65-61-57-53-47-36-32-28-24-20-16-12-8-4)83-105-109(97,98)103-79-85(92)80-104-110(99,100)106-84-87(108-91(96)78-74-70-66-62-58-54-50-44-39-35-31-27-23-19-15-11-7-3)82-102-89(94)76-72-68-64-60-56-52-49-46-43-41-38-34-30-26-22-18-14-10-6-2/h10-11,14-15,21-23,25-27,33-35,37-39,42-43,45-46,50,52,54,56,85-87,92H,5-9,12-13,16-20,24,28-32,36,40-41,44,47-49,51,53,55,57-84H2,1-4H3,(H,97,98)(H,99,100)/b14-10-,15-11-,25-21-,26-22-,27-23-,37-33-,38-34-,39-35-,45-42-,46-43-,54-50-,56-52-. The van der Waals surface area contributed by atoms with Crippen LogP contribution in [0.15, 0.2) is 146 Å². The average Bonchev–Trinajstić information content (AvgIpc) is 0.906. The van der Waals surface area contributed by atoms with Crippen LogP contribution in [0.2, 0.25) is 0 Å². The molecule has 0 saturated heterocycles. The molecule has 19 heteroatoms. The normalized spacial score (nSPS) is 14.5. The number of aliphatic hydroxyl groups excluding tert-OH is 1. The van der Waals surface area contributed by atoms with Crippen LogP contribution in [0.25, 0.3) is 0 Å². The maximum Gasteiger partial charge on any atom is 0.472 e. The number of aliphatic hydroxyl groups is 1. The van der Waals surface area contributed by atoms with E-state index in [9.17, 15) is 43.2 Å². The summed E-state index contributed by atoms with van der Waals surface area (Å²) >= 11 is 0. The first-order chi connectivity index (χ1) is 53.7. The van der Waals surface area contributed by atoms with Crippen LogP contribution in [0.5, 0.6) is 0 Å². The summed E-state index contributed by atoms with van der Waals surface area (Å²) in [5, 5.41) is 10.7. The minimum Gasteiger partial charge on any atom is -0.462 e. The number of unbranched alkanes of at least 4 members (excludes halogenated alkanes) is 30. The van der Waals surface area contributed by atoms with Gasteiger partial charge in [-0.05, 0) is 148 Å². The first-order valence-electron chi connectivity index (χ1n) is 43.1. The van der Waals surface area contributed by atoms with Crippen molar-refractivity contribution in [3.05, 3.63) is 146 Å². The molecule has 0 aromatic heterocycles. The van der Waals surface area contributed by atoms with E-state index < -0.39 is 97.5 Å². The van der Waals surface area contributed by atoms with Crippen molar-refractivity contribution in [2.75, 3.05) is 39.6 Å². The van der Waals surface area contributed by atoms with Gasteiger partial charge in [0.1, 0.15) is 19.3 Å². The smallest absolute Gasteiger partial charge is 0.462 e. The van der Waals surface area contributed by atoms with Gasteiger partial charge in [-0.1, -0.05) is 321 Å². The lowest BCUT2D eigenvalue weighted by Crippen LogP contribution is -2.30. The lowest BCUT2D eigenvalue weighted by molar-refractivity contribution is -0.161. The molecule has 3 N–H and O–H groups in total. The molecule has 5 unspecified atom stereocenters. The Morgan fingerprint density at radius 2 is 0.473 bits per heavy atom. The number of carbonyl (C=O) groups is 4. The van der Waals surface area contributed by atoms with Crippen LogP contribution in [0, 0.1) is 0 Å².